The second kappa shape index (κ2) is 7.27. The van der Waals surface area contributed by atoms with E-state index in [1.807, 2.05) is 26.0 Å². The van der Waals surface area contributed by atoms with Gasteiger partial charge < -0.3 is 10.2 Å². The lowest BCUT2D eigenvalue weighted by Gasteiger charge is -2.29. The molecule has 2 N–H and O–H groups in total. The monoisotopic (exact) mass is 357 g/mol. The highest BCUT2D eigenvalue weighted by Crippen LogP contribution is 2.28. The summed E-state index contributed by atoms with van der Waals surface area (Å²) in [6.07, 6.45) is 1.07. The third kappa shape index (κ3) is 3.76. The molecule has 0 radical (unpaired) electrons. The third-order valence-corrected chi connectivity index (χ3v) is 4.67. The van der Waals surface area contributed by atoms with Crippen LogP contribution in [0.25, 0.3) is 0 Å². The van der Waals surface area contributed by atoms with Crippen molar-refractivity contribution in [3.8, 4) is 0 Å². The SMILES string of the molecule is CC(C)CC(=O)NCc1ccc2c(c1)CN(C1CCC(=O)NC1=O)C2=O. The third-order valence-electron chi connectivity index (χ3n) is 4.67. The summed E-state index contributed by atoms with van der Waals surface area (Å²) in [6, 6.07) is 4.85. The van der Waals surface area contributed by atoms with Crippen LogP contribution in [0.1, 0.15) is 54.6 Å². The molecule has 1 aromatic carbocycles. The van der Waals surface area contributed by atoms with Gasteiger partial charge in [0.2, 0.25) is 17.7 Å². The van der Waals surface area contributed by atoms with Gasteiger partial charge in [-0.15, -0.1) is 0 Å². The number of carbonyl (C=O) groups is 4. The maximum Gasteiger partial charge on any atom is 0.255 e. The molecule has 0 saturated carbocycles. The van der Waals surface area contributed by atoms with Crippen molar-refractivity contribution in [2.75, 3.05) is 0 Å². The van der Waals surface area contributed by atoms with Crippen LogP contribution in [-0.4, -0.2) is 34.6 Å². The van der Waals surface area contributed by atoms with Crippen LogP contribution in [0.4, 0.5) is 0 Å². The zero-order valence-corrected chi connectivity index (χ0v) is 15.0. The molecular formula is C19H23N3O4. The first-order chi connectivity index (χ1) is 12.3. The number of imide groups is 1. The van der Waals surface area contributed by atoms with Crippen LogP contribution in [0.5, 0.6) is 0 Å². The van der Waals surface area contributed by atoms with Gasteiger partial charge in [0.05, 0.1) is 0 Å². The summed E-state index contributed by atoms with van der Waals surface area (Å²) in [5.74, 6) is -0.597. The van der Waals surface area contributed by atoms with Crippen molar-refractivity contribution < 1.29 is 19.2 Å². The summed E-state index contributed by atoms with van der Waals surface area (Å²) in [5, 5.41) is 5.17. The van der Waals surface area contributed by atoms with Crippen molar-refractivity contribution in [3.63, 3.8) is 0 Å². The van der Waals surface area contributed by atoms with Crippen LogP contribution >= 0.6 is 0 Å². The minimum absolute atomic E-state index is 0.00162. The Kier molecular flexibility index (Phi) is 5.06. The van der Waals surface area contributed by atoms with E-state index in [9.17, 15) is 19.2 Å². The predicted octanol–water partition coefficient (Wildman–Crippen LogP) is 1.11. The molecule has 7 nitrogen and oxygen atoms in total. The van der Waals surface area contributed by atoms with E-state index in [4.69, 9.17) is 0 Å². The molecule has 0 aromatic heterocycles. The summed E-state index contributed by atoms with van der Waals surface area (Å²) in [5.41, 5.74) is 2.33. The Balaban J connectivity index is 1.67. The number of hydrogen-bond acceptors (Lipinski definition) is 4. The molecule has 1 fully saturated rings. The average Bonchev–Trinajstić information content (AvgIpc) is 2.88. The molecule has 0 bridgehead atoms. The van der Waals surface area contributed by atoms with Gasteiger partial charge in [0, 0.05) is 31.5 Å². The maximum atomic E-state index is 12.6. The second-order valence-electron chi connectivity index (χ2n) is 7.27. The van der Waals surface area contributed by atoms with Crippen LogP contribution in [0.3, 0.4) is 0 Å². The number of nitrogens with one attached hydrogen (secondary N) is 2. The van der Waals surface area contributed by atoms with E-state index in [1.54, 1.807) is 6.07 Å². The summed E-state index contributed by atoms with van der Waals surface area (Å²) in [6.45, 7) is 4.73. The highest BCUT2D eigenvalue weighted by atomic mass is 16.2. The van der Waals surface area contributed by atoms with Crippen molar-refractivity contribution in [3.05, 3.63) is 34.9 Å². The highest BCUT2D eigenvalue weighted by Gasteiger charge is 2.38. The van der Waals surface area contributed by atoms with E-state index >= 15 is 0 Å². The van der Waals surface area contributed by atoms with Crippen molar-refractivity contribution in [2.24, 2.45) is 5.92 Å². The fourth-order valence-electron chi connectivity index (χ4n) is 3.38. The number of nitrogens with zero attached hydrogens (tertiary/aromatic N) is 1. The van der Waals surface area contributed by atoms with Crippen molar-refractivity contribution >= 4 is 23.6 Å². The van der Waals surface area contributed by atoms with Gasteiger partial charge in [0.15, 0.2) is 0 Å². The quantitative estimate of drug-likeness (QED) is 0.772. The number of rotatable bonds is 5. The Morgan fingerprint density at radius 2 is 2.08 bits per heavy atom. The van der Waals surface area contributed by atoms with Crippen molar-refractivity contribution in [1.29, 1.82) is 0 Å². The van der Waals surface area contributed by atoms with Gasteiger partial charge >= 0.3 is 0 Å². The van der Waals surface area contributed by atoms with Crippen molar-refractivity contribution in [1.82, 2.24) is 15.5 Å². The standard InChI is InChI=1S/C19H23N3O4/c1-11(2)7-17(24)20-9-12-3-4-14-13(8-12)10-22(19(14)26)15-5-6-16(23)21-18(15)25/h3-4,8,11,15H,5-7,9-10H2,1-2H3,(H,20,24)(H,21,23,25). The van der Waals surface area contributed by atoms with Crippen LogP contribution in [0.2, 0.25) is 0 Å². The molecule has 3 rings (SSSR count). The number of hydrogen-bond donors (Lipinski definition) is 2. The highest BCUT2D eigenvalue weighted by molar-refractivity contribution is 6.05. The van der Waals surface area contributed by atoms with E-state index < -0.39 is 11.9 Å². The van der Waals surface area contributed by atoms with Gasteiger partial charge in [-0.25, -0.2) is 0 Å². The lowest BCUT2D eigenvalue weighted by molar-refractivity contribution is -0.137. The molecule has 2 aliphatic rings. The van der Waals surface area contributed by atoms with Crippen LogP contribution < -0.4 is 10.6 Å². The molecular weight excluding hydrogens is 334 g/mol. The first-order valence-corrected chi connectivity index (χ1v) is 8.88. The van der Waals surface area contributed by atoms with Crippen LogP contribution in [-0.2, 0) is 27.5 Å². The fourth-order valence-corrected chi connectivity index (χ4v) is 3.38. The molecule has 1 unspecified atom stereocenters. The first kappa shape index (κ1) is 18.1. The minimum atomic E-state index is -0.609. The van der Waals surface area contributed by atoms with Gasteiger partial charge in [-0.05, 0) is 29.5 Å². The van der Waals surface area contributed by atoms with E-state index in [0.717, 1.165) is 11.1 Å². The zero-order valence-electron chi connectivity index (χ0n) is 15.0. The summed E-state index contributed by atoms with van der Waals surface area (Å²) in [4.78, 5) is 49.3. The summed E-state index contributed by atoms with van der Waals surface area (Å²) in [7, 11) is 0. The largest absolute Gasteiger partial charge is 0.352 e. The molecule has 2 aliphatic heterocycles. The lowest BCUT2D eigenvalue weighted by atomic mass is 10.0. The summed E-state index contributed by atoms with van der Waals surface area (Å²) >= 11 is 0. The smallest absolute Gasteiger partial charge is 0.255 e. The van der Waals surface area contributed by atoms with Gasteiger partial charge in [-0.2, -0.15) is 0 Å². The molecule has 1 saturated heterocycles. The molecule has 1 atom stereocenters. The molecule has 26 heavy (non-hydrogen) atoms. The molecule has 1 aromatic rings. The minimum Gasteiger partial charge on any atom is -0.352 e. The Morgan fingerprint density at radius 1 is 1.31 bits per heavy atom. The van der Waals surface area contributed by atoms with E-state index in [-0.39, 0.29) is 24.1 Å². The second-order valence-corrected chi connectivity index (χ2v) is 7.27. The molecule has 138 valence electrons. The van der Waals surface area contributed by atoms with Gasteiger partial charge in [-0.1, -0.05) is 26.0 Å². The van der Waals surface area contributed by atoms with Gasteiger partial charge in [0.25, 0.3) is 5.91 Å². The zero-order chi connectivity index (χ0) is 18.8. The molecule has 4 amide bonds. The molecule has 0 aliphatic carbocycles. The average molecular weight is 357 g/mol. The number of carbonyl (C=O) groups excluding carboxylic acids is 4. The predicted molar refractivity (Wildman–Crippen MR) is 93.8 cm³/mol. The molecule has 2 heterocycles. The lowest BCUT2D eigenvalue weighted by Crippen LogP contribution is -2.52. The Morgan fingerprint density at radius 3 is 2.77 bits per heavy atom. The normalized spacial score (nSPS) is 19.6. The number of benzene rings is 1. The maximum absolute atomic E-state index is 12.6. The Bertz CT molecular complexity index is 772. The topological polar surface area (TPSA) is 95.6 Å². The Hall–Kier alpha value is -2.70. The van der Waals surface area contributed by atoms with Crippen molar-refractivity contribution in [2.45, 2.75) is 52.2 Å². The Labute approximate surface area is 152 Å². The summed E-state index contributed by atoms with van der Waals surface area (Å²) < 4.78 is 0. The van der Waals surface area contributed by atoms with Gasteiger partial charge in [0.1, 0.15) is 6.04 Å². The van der Waals surface area contributed by atoms with E-state index in [2.05, 4.69) is 10.6 Å². The first-order valence-electron chi connectivity index (χ1n) is 8.88. The van der Waals surface area contributed by atoms with E-state index in [0.29, 0.717) is 37.4 Å². The molecule has 0 spiro atoms. The number of piperidine rings is 1. The molecule has 7 heteroatoms. The van der Waals surface area contributed by atoms with Crippen LogP contribution in [0, 0.1) is 5.92 Å². The van der Waals surface area contributed by atoms with E-state index in [1.165, 1.54) is 4.90 Å². The van der Waals surface area contributed by atoms with Gasteiger partial charge in [-0.3, -0.25) is 24.5 Å². The van der Waals surface area contributed by atoms with Crippen LogP contribution in [0.15, 0.2) is 18.2 Å². The fraction of sp³-hybridized carbons (Fsp3) is 0.474. The number of fused-ring (bicyclic) bond motifs is 1. The number of amides is 4.